The van der Waals surface area contributed by atoms with Crippen LogP contribution in [-0.2, 0) is 0 Å². The number of carboxylic acid groups (broad SMARTS) is 1. The molecule has 1 N–H and O–H groups in total. The molecule has 0 spiro atoms. The Balaban J connectivity index is 2.36. The van der Waals surface area contributed by atoms with Crippen molar-refractivity contribution in [2.45, 2.75) is 18.9 Å². The molecule has 1 aromatic rings. The van der Waals surface area contributed by atoms with Crippen LogP contribution in [-0.4, -0.2) is 36.7 Å². The molecule has 1 heterocycles. The van der Waals surface area contributed by atoms with Gasteiger partial charge >= 0.3 is 6.09 Å². The number of likely N-dealkylation sites (tertiary alicyclic amines) is 1. The van der Waals surface area contributed by atoms with E-state index in [0.717, 1.165) is 24.1 Å². The Hall–Kier alpha value is -1.71. The molecule has 1 fully saturated rings. The van der Waals surface area contributed by atoms with Crippen LogP contribution < -0.4 is 4.90 Å². The quantitative estimate of drug-likeness (QED) is 0.855. The van der Waals surface area contributed by atoms with Gasteiger partial charge in [-0.3, -0.25) is 0 Å². The maximum Gasteiger partial charge on any atom is 0.407 e. The fraction of sp³-hybridized carbons (Fsp3) is 0.462. The highest BCUT2D eigenvalue weighted by molar-refractivity contribution is 5.67. The van der Waals surface area contributed by atoms with Gasteiger partial charge in [0.1, 0.15) is 0 Å². The lowest BCUT2D eigenvalue weighted by atomic mass is 10.0. The van der Waals surface area contributed by atoms with Gasteiger partial charge in [-0.1, -0.05) is 18.2 Å². The van der Waals surface area contributed by atoms with Gasteiger partial charge in [-0.05, 0) is 24.5 Å². The van der Waals surface area contributed by atoms with E-state index < -0.39 is 6.09 Å². The van der Waals surface area contributed by atoms with Crippen LogP contribution in [0.25, 0.3) is 0 Å². The van der Waals surface area contributed by atoms with Gasteiger partial charge in [0.25, 0.3) is 0 Å². The molecule has 17 heavy (non-hydrogen) atoms. The van der Waals surface area contributed by atoms with Crippen LogP contribution in [0.2, 0.25) is 0 Å². The van der Waals surface area contributed by atoms with Crippen molar-refractivity contribution in [3.8, 4) is 0 Å². The summed E-state index contributed by atoms with van der Waals surface area (Å²) in [5, 5.41) is 9.19. The van der Waals surface area contributed by atoms with E-state index in [9.17, 15) is 9.90 Å². The summed E-state index contributed by atoms with van der Waals surface area (Å²) in [6, 6.07) is 8.03. The second-order valence-electron chi connectivity index (χ2n) is 4.59. The Morgan fingerprint density at radius 2 is 2.12 bits per heavy atom. The fourth-order valence-corrected chi connectivity index (χ4v) is 2.50. The summed E-state index contributed by atoms with van der Waals surface area (Å²) in [4.78, 5) is 14.8. The van der Waals surface area contributed by atoms with E-state index in [1.165, 1.54) is 0 Å². The summed E-state index contributed by atoms with van der Waals surface area (Å²) < 4.78 is 0. The molecule has 0 unspecified atom stereocenters. The lowest BCUT2D eigenvalue weighted by Crippen LogP contribution is -2.29. The molecule has 1 amide bonds. The number of anilines is 1. The highest BCUT2D eigenvalue weighted by atomic mass is 16.4. The van der Waals surface area contributed by atoms with Crippen LogP contribution in [0, 0.1) is 0 Å². The molecular weight excluding hydrogens is 216 g/mol. The number of nitrogens with zero attached hydrogens (tertiary/aromatic N) is 2. The van der Waals surface area contributed by atoms with Crippen molar-refractivity contribution in [2.75, 3.05) is 25.5 Å². The molecule has 0 aliphatic carbocycles. The number of hydrogen-bond acceptors (Lipinski definition) is 2. The highest BCUT2D eigenvalue weighted by Crippen LogP contribution is 2.36. The van der Waals surface area contributed by atoms with Crippen molar-refractivity contribution in [3.05, 3.63) is 29.8 Å². The van der Waals surface area contributed by atoms with E-state index in [1.54, 1.807) is 4.90 Å². The molecule has 1 aliphatic rings. The van der Waals surface area contributed by atoms with Gasteiger partial charge < -0.3 is 14.9 Å². The SMILES string of the molecule is CN(C)c1ccccc1[C@@H]1CCCN1C(=O)O. The van der Waals surface area contributed by atoms with E-state index in [1.807, 2.05) is 43.3 Å². The first-order valence-electron chi connectivity index (χ1n) is 5.87. The van der Waals surface area contributed by atoms with Crippen molar-refractivity contribution in [2.24, 2.45) is 0 Å². The molecular formula is C13H18N2O2. The van der Waals surface area contributed by atoms with Gasteiger partial charge in [0.15, 0.2) is 0 Å². The van der Waals surface area contributed by atoms with Gasteiger partial charge in [0.05, 0.1) is 6.04 Å². The van der Waals surface area contributed by atoms with Crippen LogP contribution in [0.1, 0.15) is 24.4 Å². The summed E-state index contributed by atoms with van der Waals surface area (Å²) in [6.07, 6.45) is 1.04. The lowest BCUT2D eigenvalue weighted by Gasteiger charge is -2.26. The minimum atomic E-state index is -0.818. The molecule has 0 saturated carbocycles. The van der Waals surface area contributed by atoms with Crippen LogP contribution >= 0.6 is 0 Å². The maximum atomic E-state index is 11.2. The zero-order valence-electron chi connectivity index (χ0n) is 10.3. The van der Waals surface area contributed by atoms with E-state index in [2.05, 4.69) is 0 Å². The summed E-state index contributed by atoms with van der Waals surface area (Å²) in [5.74, 6) is 0. The third-order valence-electron chi connectivity index (χ3n) is 3.28. The zero-order chi connectivity index (χ0) is 12.4. The van der Waals surface area contributed by atoms with E-state index in [0.29, 0.717) is 6.54 Å². The predicted molar refractivity (Wildman–Crippen MR) is 67.5 cm³/mol. The first-order chi connectivity index (χ1) is 8.11. The van der Waals surface area contributed by atoms with Crippen molar-refractivity contribution in [3.63, 3.8) is 0 Å². The molecule has 1 atom stereocenters. The average molecular weight is 234 g/mol. The molecule has 0 aromatic heterocycles. The number of hydrogen-bond donors (Lipinski definition) is 1. The second kappa shape index (κ2) is 4.65. The van der Waals surface area contributed by atoms with Crippen molar-refractivity contribution in [1.29, 1.82) is 0 Å². The third-order valence-corrected chi connectivity index (χ3v) is 3.28. The average Bonchev–Trinajstić information content (AvgIpc) is 2.77. The normalized spacial score (nSPS) is 19.4. The van der Waals surface area contributed by atoms with Crippen LogP contribution in [0.5, 0.6) is 0 Å². The maximum absolute atomic E-state index is 11.2. The standard InChI is InChI=1S/C13H18N2O2/c1-14(2)11-7-4-3-6-10(11)12-8-5-9-15(12)13(16)17/h3-4,6-7,12H,5,8-9H2,1-2H3,(H,16,17)/t12-/m0/s1. The van der Waals surface area contributed by atoms with Gasteiger partial charge in [-0.25, -0.2) is 4.79 Å². The first-order valence-corrected chi connectivity index (χ1v) is 5.87. The molecule has 1 aromatic carbocycles. The van der Waals surface area contributed by atoms with Crippen LogP contribution in [0.4, 0.5) is 10.5 Å². The third kappa shape index (κ3) is 2.20. The number of benzene rings is 1. The minimum absolute atomic E-state index is 0.00565. The monoisotopic (exact) mass is 234 g/mol. The van der Waals surface area contributed by atoms with Gasteiger partial charge in [0, 0.05) is 26.3 Å². The van der Waals surface area contributed by atoms with Crippen LogP contribution in [0.15, 0.2) is 24.3 Å². The molecule has 2 rings (SSSR count). The van der Waals surface area contributed by atoms with Gasteiger partial charge in [-0.2, -0.15) is 0 Å². The van der Waals surface area contributed by atoms with E-state index >= 15 is 0 Å². The van der Waals surface area contributed by atoms with E-state index in [4.69, 9.17) is 0 Å². The summed E-state index contributed by atoms with van der Waals surface area (Å²) >= 11 is 0. The van der Waals surface area contributed by atoms with Gasteiger partial charge in [-0.15, -0.1) is 0 Å². The zero-order valence-corrected chi connectivity index (χ0v) is 10.3. The Labute approximate surface area is 101 Å². The molecule has 0 bridgehead atoms. The lowest BCUT2D eigenvalue weighted by molar-refractivity contribution is 0.140. The minimum Gasteiger partial charge on any atom is -0.465 e. The molecule has 0 radical (unpaired) electrons. The Morgan fingerprint density at radius 1 is 1.41 bits per heavy atom. The second-order valence-corrected chi connectivity index (χ2v) is 4.59. The topological polar surface area (TPSA) is 43.8 Å². The summed E-state index contributed by atoms with van der Waals surface area (Å²) in [7, 11) is 3.97. The molecule has 4 nitrogen and oxygen atoms in total. The van der Waals surface area contributed by atoms with Gasteiger partial charge in [0.2, 0.25) is 0 Å². The predicted octanol–water partition coefficient (Wildman–Crippen LogP) is 2.57. The highest BCUT2D eigenvalue weighted by Gasteiger charge is 2.31. The number of amides is 1. The fourth-order valence-electron chi connectivity index (χ4n) is 2.50. The summed E-state index contributed by atoms with van der Waals surface area (Å²) in [5.41, 5.74) is 2.21. The van der Waals surface area contributed by atoms with E-state index in [-0.39, 0.29) is 6.04 Å². The Morgan fingerprint density at radius 3 is 2.76 bits per heavy atom. The number of rotatable bonds is 2. The van der Waals surface area contributed by atoms with Crippen molar-refractivity contribution < 1.29 is 9.90 Å². The van der Waals surface area contributed by atoms with Crippen LogP contribution in [0.3, 0.4) is 0 Å². The molecule has 92 valence electrons. The van der Waals surface area contributed by atoms with Crippen molar-refractivity contribution in [1.82, 2.24) is 4.90 Å². The molecule has 4 heteroatoms. The van der Waals surface area contributed by atoms with Crippen molar-refractivity contribution >= 4 is 11.8 Å². The number of carbonyl (C=O) groups is 1. The number of para-hydroxylation sites is 1. The molecule has 1 aliphatic heterocycles. The smallest absolute Gasteiger partial charge is 0.407 e. The Kier molecular flexibility index (Phi) is 3.22. The largest absolute Gasteiger partial charge is 0.465 e. The summed E-state index contributed by atoms with van der Waals surface area (Å²) in [6.45, 7) is 0.641. The Bertz CT molecular complexity index is 418. The first kappa shape index (κ1) is 11.8. The molecule has 1 saturated heterocycles.